The highest BCUT2D eigenvalue weighted by Gasteiger charge is 2.19. The van der Waals surface area contributed by atoms with Gasteiger partial charge in [-0.3, -0.25) is 0 Å². The molecule has 0 aliphatic carbocycles. The Labute approximate surface area is 87.2 Å². The predicted octanol–water partition coefficient (Wildman–Crippen LogP) is 1.19. The number of rotatable bonds is 3. The van der Waals surface area contributed by atoms with Gasteiger partial charge in [0.1, 0.15) is 6.10 Å². The van der Waals surface area contributed by atoms with E-state index in [1.807, 2.05) is 6.07 Å². The first-order valence-electron chi connectivity index (χ1n) is 4.11. The van der Waals surface area contributed by atoms with Crippen molar-refractivity contribution >= 4 is 11.6 Å². The minimum Gasteiger partial charge on any atom is -0.389 e. The Bertz CT molecular complexity index is 348. The Kier molecular flexibility index (Phi) is 3.90. The summed E-state index contributed by atoms with van der Waals surface area (Å²) in [5.41, 5.74) is 0.757. The quantitative estimate of drug-likeness (QED) is 0.739. The van der Waals surface area contributed by atoms with Crippen LogP contribution < -0.4 is 0 Å². The molecule has 0 heterocycles. The first-order valence-corrected chi connectivity index (χ1v) is 4.65. The van der Waals surface area contributed by atoms with E-state index in [1.54, 1.807) is 24.3 Å². The third kappa shape index (κ3) is 2.24. The van der Waals surface area contributed by atoms with E-state index < -0.39 is 12.2 Å². The Morgan fingerprint density at radius 2 is 2.00 bits per heavy atom. The molecule has 4 heteroatoms. The van der Waals surface area contributed by atoms with Crippen LogP contribution in [0.2, 0.25) is 0 Å². The molecule has 2 unspecified atom stereocenters. The topological polar surface area (TPSA) is 64.2 Å². The summed E-state index contributed by atoms with van der Waals surface area (Å²) in [5, 5.41) is 27.7. The summed E-state index contributed by atoms with van der Waals surface area (Å²) < 4.78 is 0. The van der Waals surface area contributed by atoms with Crippen molar-refractivity contribution in [2.75, 3.05) is 5.88 Å². The van der Waals surface area contributed by atoms with Crippen LogP contribution in [0.1, 0.15) is 17.2 Å². The Morgan fingerprint density at radius 1 is 1.36 bits per heavy atom. The molecule has 0 fully saturated rings. The fourth-order valence-electron chi connectivity index (χ4n) is 1.15. The summed E-state index contributed by atoms with van der Waals surface area (Å²) in [6.07, 6.45) is -2.16. The van der Waals surface area contributed by atoms with E-state index in [-0.39, 0.29) is 5.88 Å². The van der Waals surface area contributed by atoms with Gasteiger partial charge in [-0.1, -0.05) is 18.2 Å². The molecule has 0 aromatic heterocycles. The van der Waals surface area contributed by atoms with Gasteiger partial charge >= 0.3 is 0 Å². The summed E-state index contributed by atoms with van der Waals surface area (Å²) in [6.45, 7) is 0. The minimum atomic E-state index is -1.11. The number of halogens is 1. The fraction of sp³-hybridized carbons (Fsp3) is 0.300. The zero-order valence-electron chi connectivity index (χ0n) is 7.39. The smallest absolute Gasteiger partial charge is 0.107 e. The molecule has 1 aromatic rings. The van der Waals surface area contributed by atoms with Crippen molar-refractivity contribution in [3.05, 3.63) is 35.4 Å². The maximum Gasteiger partial charge on any atom is 0.107 e. The van der Waals surface area contributed by atoms with Gasteiger partial charge in [-0.25, -0.2) is 0 Å². The second kappa shape index (κ2) is 4.97. The second-order valence-corrected chi connectivity index (χ2v) is 3.17. The van der Waals surface area contributed by atoms with Crippen LogP contribution in [0.4, 0.5) is 0 Å². The minimum absolute atomic E-state index is 0.0685. The van der Waals surface area contributed by atoms with Crippen molar-refractivity contribution in [3.63, 3.8) is 0 Å². The maximum atomic E-state index is 9.62. The van der Waals surface area contributed by atoms with Crippen molar-refractivity contribution in [1.29, 1.82) is 5.26 Å². The molecule has 14 heavy (non-hydrogen) atoms. The van der Waals surface area contributed by atoms with Crippen LogP contribution in [0.5, 0.6) is 0 Å². The molecule has 0 spiro atoms. The van der Waals surface area contributed by atoms with Crippen LogP contribution in [-0.2, 0) is 0 Å². The van der Waals surface area contributed by atoms with Crippen LogP contribution in [0.15, 0.2) is 24.3 Å². The van der Waals surface area contributed by atoms with E-state index in [9.17, 15) is 10.2 Å². The van der Waals surface area contributed by atoms with Gasteiger partial charge in [0.2, 0.25) is 0 Å². The lowest BCUT2D eigenvalue weighted by Crippen LogP contribution is -2.20. The van der Waals surface area contributed by atoms with Gasteiger partial charge in [-0.2, -0.15) is 5.26 Å². The van der Waals surface area contributed by atoms with Gasteiger partial charge in [0.05, 0.1) is 23.6 Å². The van der Waals surface area contributed by atoms with E-state index >= 15 is 0 Å². The molecular weight excluding hydrogens is 202 g/mol. The van der Waals surface area contributed by atoms with Gasteiger partial charge in [0.15, 0.2) is 0 Å². The highest BCUT2D eigenvalue weighted by molar-refractivity contribution is 6.18. The average molecular weight is 212 g/mol. The van der Waals surface area contributed by atoms with Crippen molar-refractivity contribution in [2.45, 2.75) is 12.2 Å². The van der Waals surface area contributed by atoms with Crippen molar-refractivity contribution in [3.8, 4) is 6.07 Å². The number of alkyl halides is 1. The molecule has 1 rings (SSSR count). The Morgan fingerprint density at radius 3 is 2.57 bits per heavy atom. The van der Waals surface area contributed by atoms with Crippen LogP contribution in [-0.4, -0.2) is 22.2 Å². The molecule has 2 atom stereocenters. The summed E-state index contributed by atoms with van der Waals surface area (Å²) in [4.78, 5) is 0. The van der Waals surface area contributed by atoms with E-state index in [2.05, 4.69) is 0 Å². The van der Waals surface area contributed by atoms with Crippen LogP contribution in [0, 0.1) is 11.3 Å². The van der Waals surface area contributed by atoms with Gasteiger partial charge in [-0.05, 0) is 6.07 Å². The molecule has 0 aliphatic heterocycles. The number of nitrogens with zero attached hydrogens (tertiary/aromatic N) is 1. The highest BCUT2D eigenvalue weighted by Crippen LogP contribution is 2.21. The van der Waals surface area contributed by atoms with Crippen LogP contribution >= 0.6 is 11.6 Å². The van der Waals surface area contributed by atoms with Crippen molar-refractivity contribution < 1.29 is 10.2 Å². The number of hydrogen-bond donors (Lipinski definition) is 2. The number of aliphatic hydroxyl groups excluding tert-OH is 2. The van der Waals surface area contributed by atoms with E-state index in [1.165, 1.54) is 0 Å². The number of nitriles is 1. The molecule has 0 saturated heterocycles. The Balaban J connectivity index is 3.01. The molecule has 0 radical (unpaired) electrons. The number of aliphatic hydroxyl groups is 2. The van der Waals surface area contributed by atoms with E-state index in [4.69, 9.17) is 16.9 Å². The highest BCUT2D eigenvalue weighted by atomic mass is 35.5. The van der Waals surface area contributed by atoms with Crippen LogP contribution in [0.25, 0.3) is 0 Å². The summed E-state index contributed by atoms with van der Waals surface area (Å²) in [5.74, 6) is -0.0685. The SMILES string of the molecule is N#Cc1ccccc1C(O)C(O)CCl. The standard InChI is InChI=1S/C10H10ClNO2/c11-5-9(13)10(14)8-4-2-1-3-7(8)6-12/h1-4,9-10,13-14H,5H2. The van der Waals surface area contributed by atoms with Crippen molar-refractivity contribution in [1.82, 2.24) is 0 Å². The average Bonchev–Trinajstić information content (AvgIpc) is 2.26. The fourth-order valence-corrected chi connectivity index (χ4v) is 1.32. The molecule has 3 nitrogen and oxygen atoms in total. The molecule has 0 bridgehead atoms. The molecule has 1 aromatic carbocycles. The lowest BCUT2D eigenvalue weighted by atomic mass is 10.0. The number of hydrogen-bond acceptors (Lipinski definition) is 3. The Hall–Kier alpha value is -1.08. The molecule has 74 valence electrons. The molecule has 0 saturated carbocycles. The summed E-state index contributed by atoms with van der Waals surface area (Å²) >= 11 is 5.40. The monoisotopic (exact) mass is 211 g/mol. The molecular formula is C10H10ClNO2. The molecule has 0 amide bonds. The maximum absolute atomic E-state index is 9.62. The van der Waals surface area contributed by atoms with Gasteiger partial charge < -0.3 is 10.2 Å². The van der Waals surface area contributed by atoms with E-state index in [0.717, 1.165) is 0 Å². The zero-order valence-corrected chi connectivity index (χ0v) is 8.15. The van der Waals surface area contributed by atoms with Crippen LogP contribution in [0.3, 0.4) is 0 Å². The largest absolute Gasteiger partial charge is 0.389 e. The normalized spacial score (nSPS) is 14.4. The number of benzene rings is 1. The zero-order chi connectivity index (χ0) is 10.6. The first kappa shape index (κ1) is 11.0. The third-order valence-corrected chi connectivity index (χ3v) is 2.24. The summed E-state index contributed by atoms with van der Waals surface area (Å²) in [7, 11) is 0. The molecule has 0 aliphatic rings. The second-order valence-electron chi connectivity index (χ2n) is 2.87. The predicted molar refractivity (Wildman–Crippen MR) is 52.8 cm³/mol. The summed E-state index contributed by atoms with van der Waals surface area (Å²) in [6, 6.07) is 8.51. The van der Waals surface area contributed by atoms with E-state index in [0.29, 0.717) is 11.1 Å². The lowest BCUT2D eigenvalue weighted by Gasteiger charge is -2.16. The van der Waals surface area contributed by atoms with Gasteiger partial charge in [-0.15, -0.1) is 11.6 Å². The first-order chi connectivity index (χ1) is 6.70. The lowest BCUT2D eigenvalue weighted by molar-refractivity contribution is 0.0325. The van der Waals surface area contributed by atoms with Gasteiger partial charge in [0, 0.05) is 5.56 Å². The molecule has 2 N–H and O–H groups in total. The van der Waals surface area contributed by atoms with Gasteiger partial charge in [0.25, 0.3) is 0 Å². The third-order valence-electron chi connectivity index (χ3n) is 1.92. The van der Waals surface area contributed by atoms with Crippen molar-refractivity contribution in [2.24, 2.45) is 0 Å².